The van der Waals surface area contributed by atoms with Crippen molar-refractivity contribution in [1.82, 2.24) is 15.5 Å². The van der Waals surface area contributed by atoms with Gasteiger partial charge in [0.2, 0.25) is 0 Å². The Morgan fingerprint density at radius 2 is 2.03 bits per heavy atom. The molecule has 160 valence electrons. The number of hydrogen-bond donors (Lipinski definition) is 3. The molecule has 1 aromatic carbocycles. The van der Waals surface area contributed by atoms with Crippen LogP contribution in [0.4, 0.5) is 0 Å². The van der Waals surface area contributed by atoms with Crippen LogP contribution in [0.2, 0.25) is 0 Å². The fourth-order valence-electron chi connectivity index (χ4n) is 3.90. The second-order valence-corrected chi connectivity index (χ2v) is 8.69. The fourth-order valence-corrected chi connectivity index (χ4v) is 4.95. The van der Waals surface area contributed by atoms with Crippen LogP contribution in [0.1, 0.15) is 42.5 Å². The Hall–Kier alpha value is -2.35. The Morgan fingerprint density at radius 1 is 1.20 bits per heavy atom. The Kier molecular flexibility index (Phi) is 7.04. The van der Waals surface area contributed by atoms with E-state index >= 15 is 0 Å². The van der Waals surface area contributed by atoms with Gasteiger partial charge in [0.25, 0.3) is 0 Å². The number of nitrogens with one attached hydrogen (secondary N) is 2. The van der Waals surface area contributed by atoms with Crippen molar-refractivity contribution in [3.8, 4) is 0 Å². The molecule has 3 aromatic rings. The van der Waals surface area contributed by atoms with E-state index in [2.05, 4.69) is 33.7 Å². The van der Waals surface area contributed by atoms with Gasteiger partial charge < -0.3 is 20.2 Å². The van der Waals surface area contributed by atoms with Gasteiger partial charge in [0.05, 0.1) is 18.8 Å². The van der Waals surface area contributed by atoms with Gasteiger partial charge in [0.15, 0.2) is 5.96 Å². The molecule has 1 aliphatic rings. The van der Waals surface area contributed by atoms with Gasteiger partial charge in [-0.25, -0.2) is 0 Å². The number of benzene rings is 1. The molecule has 6 nitrogen and oxygen atoms in total. The summed E-state index contributed by atoms with van der Waals surface area (Å²) >= 11 is 1.63. The van der Waals surface area contributed by atoms with E-state index < -0.39 is 6.10 Å². The first-order chi connectivity index (χ1) is 14.7. The van der Waals surface area contributed by atoms with Gasteiger partial charge in [-0.2, -0.15) is 0 Å². The number of rotatable bonds is 8. The van der Waals surface area contributed by atoms with Crippen LogP contribution in [-0.4, -0.2) is 48.7 Å². The second-order valence-electron chi connectivity index (χ2n) is 7.58. The highest BCUT2D eigenvalue weighted by molar-refractivity contribution is 7.19. The van der Waals surface area contributed by atoms with Gasteiger partial charge in [-0.05, 0) is 62.5 Å². The van der Waals surface area contributed by atoms with Gasteiger partial charge >= 0.3 is 0 Å². The summed E-state index contributed by atoms with van der Waals surface area (Å²) in [5.41, 5.74) is 0. The van der Waals surface area contributed by atoms with Crippen LogP contribution in [-0.2, 0) is 0 Å². The molecule has 3 N–H and O–H groups in total. The average molecular weight is 427 g/mol. The molecule has 0 spiro atoms. The smallest absolute Gasteiger partial charge is 0.191 e. The molecule has 0 radical (unpaired) electrons. The van der Waals surface area contributed by atoms with Crippen molar-refractivity contribution in [1.29, 1.82) is 0 Å². The number of hydrogen-bond acceptors (Lipinski definition) is 5. The lowest BCUT2D eigenvalue weighted by atomic mass is 10.2. The molecule has 0 bridgehead atoms. The van der Waals surface area contributed by atoms with Crippen LogP contribution in [0, 0.1) is 0 Å². The third kappa shape index (κ3) is 5.03. The minimum Gasteiger partial charge on any atom is -0.468 e. The first-order valence-corrected chi connectivity index (χ1v) is 11.5. The topological polar surface area (TPSA) is 73.0 Å². The molecular weight excluding hydrogens is 396 g/mol. The van der Waals surface area contributed by atoms with Gasteiger partial charge in [0, 0.05) is 22.7 Å². The molecule has 1 fully saturated rings. The number of aliphatic hydroxyl groups is 1. The fraction of sp³-hybridized carbons (Fsp3) is 0.435. The van der Waals surface area contributed by atoms with Crippen molar-refractivity contribution >= 4 is 27.4 Å². The van der Waals surface area contributed by atoms with Crippen LogP contribution in [0.15, 0.2) is 58.1 Å². The normalized spacial score (nSPS) is 17.3. The lowest BCUT2D eigenvalue weighted by molar-refractivity contribution is 0.184. The zero-order valence-electron chi connectivity index (χ0n) is 17.4. The van der Waals surface area contributed by atoms with Crippen LogP contribution >= 0.6 is 11.3 Å². The molecule has 1 aliphatic heterocycles. The van der Waals surface area contributed by atoms with Gasteiger partial charge in [-0.3, -0.25) is 9.89 Å². The van der Waals surface area contributed by atoms with E-state index in [1.165, 1.54) is 22.9 Å². The van der Waals surface area contributed by atoms with Crippen LogP contribution in [0.5, 0.6) is 0 Å². The quantitative estimate of drug-likeness (QED) is 0.376. The number of aliphatic imine (C=N–C) groups is 1. The molecule has 2 unspecified atom stereocenters. The summed E-state index contributed by atoms with van der Waals surface area (Å²) < 4.78 is 6.89. The first kappa shape index (κ1) is 20.9. The van der Waals surface area contributed by atoms with E-state index in [1.54, 1.807) is 17.6 Å². The standard InChI is InChI=1S/C23H30N4O2S/c1-2-24-23(25-15-18(20-9-7-13-29-20)27-11-5-6-12-27)26-16-19(28)22-14-17-8-3-4-10-21(17)30-22/h3-4,7-10,13-14,18-19,28H,2,5-6,11-12,15-16H2,1H3,(H2,24,25,26). The predicted molar refractivity (Wildman–Crippen MR) is 123 cm³/mol. The highest BCUT2D eigenvalue weighted by atomic mass is 32.1. The molecule has 7 heteroatoms. The predicted octanol–water partition coefficient (Wildman–Crippen LogP) is 3.92. The van der Waals surface area contributed by atoms with Gasteiger partial charge in [-0.1, -0.05) is 18.2 Å². The average Bonchev–Trinajstić information content (AvgIpc) is 3.53. The number of aliphatic hydroxyl groups excluding tert-OH is 1. The van der Waals surface area contributed by atoms with Crippen LogP contribution < -0.4 is 10.6 Å². The summed E-state index contributed by atoms with van der Waals surface area (Å²) in [6, 6.07) is 14.4. The number of furan rings is 1. The molecule has 30 heavy (non-hydrogen) atoms. The summed E-state index contributed by atoms with van der Waals surface area (Å²) in [5, 5.41) is 18.4. The summed E-state index contributed by atoms with van der Waals surface area (Å²) in [5.74, 6) is 1.68. The number of nitrogens with zero attached hydrogens (tertiary/aromatic N) is 2. The van der Waals surface area contributed by atoms with E-state index in [-0.39, 0.29) is 6.04 Å². The van der Waals surface area contributed by atoms with Crippen molar-refractivity contribution in [2.24, 2.45) is 4.99 Å². The SMILES string of the molecule is CCNC(=NCC(c1ccco1)N1CCCC1)NCC(O)c1cc2ccccc2s1. The second kappa shape index (κ2) is 10.1. The third-order valence-electron chi connectivity index (χ3n) is 5.46. The number of likely N-dealkylation sites (tertiary alicyclic amines) is 1. The summed E-state index contributed by atoms with van der Waals surface area (Å²) in [4.78, 5) is 8.21. The minimum atomic E-state index is -0.578. The first-order valence-electron chi connectivity index (χ1n) is 10.7. The van der Waals surface area contributed by atoms with Crippen molar-refractivity contribution < 1.29 is 9.52 Å². The molecule has 0 saturated carbocycles. The molecule has 0 aliphatic carbocycles. The molecule has 3 heterocycles. The van der Waals surface area contributed by atoms with E-state index in [9.17, 15) is 5.11 Å². The van der Waals surface area contributed by atoms with Crippen molar-refractivity contribution in [2.45, 2.75) is 31.9 Å². The maximum atomic E-state index is 10.7. The zero-order valence-corrected chi connectivity index (χ0v) is 18.2. The third-order valence-corrected chi connectivity index (χ3v) is 6.67. The van der Waals surface area contributed by atoms with Crippen molar-refractivity contribution in [3.05, 3.63) is 59.4 Å². The van der Waals surface area contributed by atoms with E-state index in [4.69, 9.17) is 9.41 Å². The van der Waals surface area contributed by atoms with E-state index in [1.807, 2.05) is 31.2 Å². The molecule has 0 amide bonds. The molecule has 2 aromatic heterocycles. The highest BCUT2D eigenvalue weighted by Crippen LogP contribution is 2.29. The van der Waals surface area contributed by atoms with Crippen molar-refractivity contribution in [3.63, 3.8) is 0 Å². The van der Waals surface area contributed by atoms with Crippen LogP contribution in [0.3, 0.4) is 0 Å². The number of fused-ring (bicyclic) bond motifs is 1. The molecule has 2 atom stereocenters. The van der Waals surface area contributed by atoms with Gasteiger partial charge in [-0.15, -0.1) is 11.3 Å². The Balaban J connectivity index is 1.41. The summed E-state index contributed by atoms with van der Waals surface area (Å²) in [7, 11) is 0. The zero-order chi connectivity index (χ0) is 20.8. The molecular formula is C23H30N4O2S. The lowest BCUT2D eigenvalue weighted by Crippen LogP contribution is -2.40. The monoisotopic (exact) mass is 426 g/mol. The largest absolute Gasteiger partial charge is 0.468 e. The maximum Gasteiger partial charge on any atom is 0.191 e. The number of thiophene rings is 1. The summed E-state index contributed by atoms with van der Waals surface area (Å²) in [6.07, 6.45) is 3.60. The van der Waals surface area contributed by atoms with Crippen LogP contribution in [0.25, 0.3) is 10.1 Å². The Bertz CT molecular complexity index is 914. The van der Waals surface area contributed by atoms with E-state index in [0.717, 1.165) is 30.3 Å². The van der Waals surface area contributed by atoms with Gasteiger partial charge in [0.1, 0.15) is 11.9 Å². The molecule has 1 saturated heterocycles. The highest BCUT2D eigenvalue weighted by Gasteiger charge is 2.25. The lowest BCUT2D eigenvalue weighted by Gasteiger charge is -2.24. The maximum absolute atomic E-state index is 10.7. The molecule has 4 rings (SSSR count). The summed E-state index contributed by atoms with van der Waals surface area (Å²) in [6.45, 7) is 5.99. The number of guanidine groups is 1. The Morgan fingerprint density at radius 3 is 2.77 bits per heavy atom. The Labute approximate surface area is 181 Å². The minimum absolute atomic E-state index is 0.144. The van der Waals surface area contributed by atoms with E-state index in [0.29, 0.717) is 19.0 Å². The van der Waals surface area contributed by atoms with Crippen molar-refractivity contribution in [2.75, 3.05) is 32.7 Å².